The summed E-state index contributed by atoms with van der Waals surface area (Å²) in [6, 6.07) is 12.0. The quantitative estimate of drug-likeness (QED) is 0.729. The molecular formula is C15H11Cl2N3O2. The van der Waals surface area contributed by atoms with Gasteiger partial charge in [-0.05, 0) is 37.3 Å². The Hall–Kier alpha value is -2.11. The van der Waals surface area contributed by atoms with E-state index in [1.54, 1.807) is 37.3 Å². The molecule has 0 spiro atoms. The van der Waals surface area contributed by atoms with Crippen molar-refractivity contribution in [1.82, 2.24) is 15.0 Å². The van der Waals surface area contributed by atoms with Crippen molar-refractivity contribution in [2.45, 2.75) is 13.0 Å². The van der Waals surface area contributed by atoms with E-state index in [-0.39, 0.29) is 5.91 Å². The van der Waals surface area contributed by atoms with Crippen LogP contribution in [-0.4, -0.2) is 27.0 Å². The Labute approximate surface area is 136 Å². The molecule has 0 unspecified atom stereocenters. The largest absolute Gasteiger partial charge is 0.479 e. The van der Waals surface area contributed by atoms with Crippen molar-refractivity contribution < 1.29 is 9.53 Å². The molecule has 0 saturated heterocycles. The number of para-hydroxylation sites is 1. The van der Waals surface area contributed by atoms with E-state index in [0.717, 1.165) is 0 Å². The molecule has 112 valence electrons. The van der Waals surface area contributed by atoms with Crippen LogP contribution < -0.4 is 4.74 Å². The smallest absolute Gasteiger partial charge is 0.289 e. The van der Waals surface area contributed by atoms with Crippen molar-refractivity contribution in [3.63, 3.8) is 0 Å². The fourth-order valence-corrected chi connectivity index (χ4v) is 2.47. The Morgan fingerprint density at radius 3 is 2.77 bits per heavy atom. The second kappa shape index (κ2) is 5.94. The van der Waals surface area contributed by atoms with Crippen molar-refractivity contribution in [3.05, 3.63) is 52.5 Å². The molecular weight excluding hydrogens is 325 g/mol. The first-order chi connectivity index (χ1) is 10.6. The number of fused-ring (bicyclic) bond motifs is 1. The van der Waals surface area contributed by atoms with Crippen molar-refractivity contribution in [3.8, 4) is 5.75 Å². The third-order valence-electron chi connectivity index (χ3n) is 3.11. The normalized spacial score (nSPS) is 12.3. The number of rotatable bonds is 3. The number of halogens is 2. The van der Waals surface area contributed by atoms with Crippen molar-refractivity contribution in [2.75, 3.05) is 0 Å². The number of aromatic nitrogens is 3. The summed E-state index contributed by atoms with van der Waals surface area (Å²) < 4.78 is 6.83. The predicted octanol–water partition coefficient (Wildman–Crippen LogP) is 3.85. The Morgan fingerprint density at radius 1 is 1.23 bits per heavy atom. The van der Waals surface area contributed by atoms with Crippen molar-refractivity contribution in [2.24, 2.45) is 0 Å². The van der Waals surface area contributed by atoms with E-state index < -0.39 is 6.10 Å². The first-order valence-electron chi connectivity index (χ1n) is 6.52. The second-order valence-corrected chi connectivity index (χ2v) is 5.51. The highest BCUT2D eigenvalue weighted by Crippen LogP contribution is 2.28. The fraction of sp³-hybridized carbons (Fsp3) is 0.133. The van der Waals surface area contributed by atoms with Gasteiger partial charge in [-0.15, -0.1) is 5.10 Å². The Balaban J connectivity index is 1.85. The van der Waals surface area contributed by atoms with E-state index in [1.807, 2.05) is 12.1 Å². The van der Waals surface area contributed by atoms with Gasteiger partial charge in [-0.25, -0.2) is 0 Å². The van der Waals surface area contributed by atoms with Gasteiger partial charge in [-0.2, -0.15) is 4.68 Å². The highest BCUT2D eigenvalue weighted by atomic mass is 35.5. The standard InChI is InChI=1S/C15H11Cl2N3O2/c1-9(22-14-7-6-10(16)8-11(14)17)15(21)20-13-5-3-2-4-12(13)18-19-20/h2-9H,1H3/t9-/m0/s1. The van der Waals surface area contributed by atoms with Gasteiger partial charge in [0.2, 0.25) is 0 Å². The minimum Gasteiger partial charge on any atom is -0.479 e. The number of hydrogen-bond donors (Lipinski definition) is 0. The summed E-state index contributed by atoms with van der Waals surface area (Å²) in [7, 11) is 0. The molecule has 0 aliphatic carbocycles. The van der Waals surface area contributed by atoms with E-state index in [4.69, 9.17) is 27.9 Å². The van der Waals surface area contributed by atoms with Gasteiger partial charge >= 0.3 is 0 Å². The van der Waals surface area contributed by atoms with Crippen LogP contribution >= 0.6 is 23.2 Å². The lowest BCUT2D eigenvalue weighted by atomic mass is 10.3. The van der Waals surface area contributed by atoms with Crippen LogP contribution in [0.4, 0.5) is 0 Å². The molecule has 1 atom stereocenters. The lowest BCUT2D eigenvalue weighted by molar-refractivity contribution is 0.0714. The van der Waals surface area contributed by atoms with Crippen LogP contribution in [-0.2, 0) is 0 Å². The van der Waals surface area contributed by atoms with Gasteiger partial charge < -0.3 is 4.74 Å². The zero-order chi connectivity index (χ0) is 15.7. The maximum absolute atomic E-state index is 12.5. The zero-order valence-corrected chi connectivity index (χ0v) is 13.0. The maximum Gasteiger partial charge on any atom is 0.289 e. The van der Waals surface area contributed by atoms with Gasteiger partial charge in [0.05, 0.1) is 10.5 Å². The van der Waals surface area contributed by atoms with Crippen molar-refractivity contribution in [1.29, 1.82) is 0 Å². The molecule has 0 fully saturated rings. The minimum atomic E-state index is -0.774. The Morgan fingerprint density at radius 2 is 2.00 bits per heavy atom. The van der Waals surface area contributed by atoms with Gasteiger partial charge in [0, 0.05) is 5.02 Å². The van der Waals surface area contributed by atoms with Gasteiger partial charge in [-0.3, -0.25) is 4.79 Å². The molecule has 0 aliphatic heterocycles. The molecule has 1 aromatic heterocycles. The topological polar surface area (TPSA) is 57.0 Å². The van der Waals surface area contributed by atoms with Gasteiger partial charge in [0.15, 0.2) is 6.10 Å². The molecule has 0 saturated carbocycles. The lowest BCUT2D eigenvalue weighted by Crippen LogP contribution is -2.30. The molecule has 7 heteroatoms. The molecule has 3 rings (SSSR count). The minimum absolute atomic E-state index is 0.334. The summed E-state index contributed by atoms with van der Waals surface area (Å²) in [4.78, 5) is 12.5. The summed E-state index contributed by atoms with van der Waals surface area (Å²) in [6.07, 6.45) is -0.774. The predicted molar refractivity (Wildman–Crippen MR) is 84.7 cm³/mol. The molecule has 0 bridgehead atoms. The van der Waals surface area contributed by atoms with E-state index >= 15 is 0 Å². The second-order valence-electron chi connectivity index (χ2n) is 4.66. The van der Waals surface area contributed by atoms with Crippen LogP contribution in [0.2, 0.25) is 10.0 Å². The fourth-order valence-electron chi connectivity index (χ4n) is 2.02. The first kappa shape index (κ1) is 14.8. The molecule has 5 nitrogen and oxygen atoms in total. The van der Waals surface area contributed by atoms with Gasteiger partial charge in [-0.1, -0.05) is 40.5 Å². The Bertz CT molecular complexity index is 848. The van der Waals surface area contributed by atoms with Crippen LogP contribution in [0.25, 0.3) is 11.0 Å². The number of ether oxygens (including phenoxy) is 1. The van der Waals surface area contributed by atoms with Crippen molar-refractivity contribution >= 4 is 40.1 Å². The van der Waals surface area contributed by atoms with Crippen LogP contribution in [0.15, 0.2) is 42.5 Å². The van der Waals surface area contributed by atoms with E-state index in [1.165, 1.54) is 4.68 Å². The molecule has 0 aliphatic rings. The van der Waals surface area contributed by atoms with Crippen LogP contribution in [0.3, 0.4) is 0 Å². The molecule has 0 radical (unpaired) electrons. The number of carbonyl (C=O) groups excluding carboxylic acids is 1. The average molecular weight is 336 g/mol. The number of hydrogen-bond acceptors (Lipinski definition) is 4. The summed E-state index contributed by atoms with van der Waals surface area (Å²) in [5, 5.41) is 8.67. The molecule has 3 aromatic rings. The maximum atomic E-state index is 12.5. The van der Waals surface area contributed by atoms with Crippen LogP contribution in [0.1, 0.15) is 11.7 Å². The van der Waals surface area contributed by atoms with E-state index in [0.29, 0.717) is 26.8 Å². The molecule has 0 amide bonds. The SMILES string of the molecule is C[C@H](Oc1ccc(Cl)cc1Cl)C(=O)n1nnc2ccccc21. The highest BCUT2D eigenvalue weighted by Gasteiger charge is 2.21. The van der Waals surface area contributed by atoms with Crippen LogP contribution in [0.5, 0.6) is 5.75 Å². The van der Waals surface area contributed by atoms with E-state index in [9.17, 15) is 4.79 Å². The summed E-state index contributed by atoms with van der Waals surface area (Å²) in [5.74, 6) is 0.0519. The number of benzene rings is 2. The Kier molecular flexibility index (Phi) is 4.00. The van der Waals surface area contributed by atoms with Crippen LogP contribution in [0, 0.1) is 0 Å². The molecule has 1 heterocycles. The monoisotopic (exact) mass is 335 g/mol. The first-order valence-corrected chi connectivity index (χ1v) is 7.28. The number of nitrogens with zero attached hydrogens (tertiary/aromatic N) is 3. The average Bonchev–Trinajstić information content (AvgIpc) is 2.93. The summed E-state index contributed by atoms with van der Waals surface area (Å²) in [6.45, 7) is 1.63. The third-order valence-corrected chi connectivity index (χ3v) is 3.64. The third kappa shape index (κ3) is 2.77. The molecule has 22 heavy (non-hydrogen) atoms. The number of carbonyl (C=O) groups is 1. The van der Waals surface area contributed by atoms with E-state index in [2.05, 4.69) is 10.3 Å². The van der Waals surface area contributed by atoms with Gasteiger partial charge in [0.25, 0.3) is 5.91 Å². The summed E-state index contributed by atoms with van der Waals surface area (Å²) >= 11 is 11.9. The lowest BCUT2D eigenvalue weighted by Gasteiger charge is -2.14. The molecule has 0 N–H and O–H groups in total. The highest BCUT2D eigenvalue weighted by molar-refractivity contribution is 6.35. The molecule has 2 aromatic carbocycles. The zero-order valence-electron chi connectivity index (χ0n) is 11.5. The van der Waals surface area contributed by atoms with Gasteiger partial charge in [0.1, 0.15) is 11.3 Å². The summed E-state index contributed by atoms with van der Waals surface area (Å²) in [5.41, 5.74) is 1.28.